The van der Waals surface area contributed by atoms with Crippen LogP contribution in [-0.4, -0.2) is 55.2 Å². The van der Waals surface area contributed by atoms with Gasteiger partial charge >= 0.3 is 0 Å². The van der Waals surface area contributed by atoms with Gasteiger partial charge in [0.15, 0.2) is 0 Å². The zero-order chi connectivity index (χ0) is 13.8. The van der Waals surface area contributed by atoms with E-state index in [1.165, 1.54) is 6.26 Å². The van der Waals surface area contributed by atoms with E-state index in [0.717, 1.165) is 38.8 Å². The van der Waals surface area contributed by atoms with E-state index in [4.69, 9.17) is 0 Å². The summed E-state index contributed by atoms with van der Waals surface area (Å²) in [6.45, 7) is 6.03. The minimum Gasteiger partial charge on any atom is -0.391 e. The smallest absolute Gasteiger partial charge is 0.147 e. The number of rotatable bonds is 7. The summed E-state index contributed by atoms with van der Waals surface area (Å²) in [5.41, 5.74) is -0.186. The van der Waals surface area contributed by atoms with Crippen molar-refractivity contribution in [2.45, 2.75) is 57.6 Å². The molecule has 18 heavy (non-hydrogen) atoms. The monoisotopic (exact) mass is 277 g/mol. The van der Waals surface area contributed by atoms with Crippen LogP contribution >= 0.6 is 0 Å². The minimum atomic E-state index is -2.99. The third kappa shape index (κ3) is 3.68. The molecule has 0 amide bonds. The molecule has 1 aliphatic rings. The molecule has 0 aromatic carbocycles. The first-order chi connectivity index (χ1) is 8.35. The molecule has 0 heterocycles. The summed E-state index contributed by atoms with van der Waals surface area (Å²) in [5, 5.41) is 10.5. The molecule has 0 radical (unpaired) electrons. The van der Waals surface area contributed by atoms with E-state index in [-0.39, 0.29) is 11.3 Å². The fourth-order valence-electron chi connectivity index (χ4n) is 3.30. The summed E-state index contributed by atoms with van der Waals surface area (Å²) < 4.78 is 22.5. The molecular formula is C13H27NO3S. The normalized spacial score (nSPS) is 21.4. The quantitative estimate of drug-likeness (QED) is 0.765. The summed E-state index contributed by atoms with van der Waals surface area (Å²) in [7, 11) is -2.99. The van der Waals surface area contributed by atoms with Gasteiger partial charge in [0.2, 0.25) is 0 Å². The largest absolute Gasteiger partial charge is 0.391 e. The highest BCUT2D eigenvalue weighted by Gasteiger charge is 2.44. The summed E-state index contributed by atoms with van der Waals surface area (Å²) in [6.07, 6.45) is 5.29. The van der Waals surface area contributed by atoms with E-state index in [1.807, 2.05) is 0 Å². The van der Waals surface area contributed by atoms with Crippen molar-refractivity contribution in [3.63, 3.8) is 0 Å². The predicted molar refractivity (Wildman–Crippen MR) is 74.5 cm³/mol. The summed E-state index contributed by atoms with van der Waals surface area (Å²) in [4.78, 5) is 2.31. The minimum absolute atomic E-state index is 0.0805. The fraction of sp³-hybridized carbons (Fsp3) is 1.00. The zero-order valence-electron chi connectivity index (χ0n) is 11.9. The molecule has 1 saturated carbocycles. The second kappa shape index (κ2) is 6.35. The molecule has 1 aliphatic carbocycles. The van der Waals surface area contributed by atoms with E-state index in [2.05, 4.69) is 18.7 Å². The van der Waals surface area contributed by atoms with E-state index in [9.17, 15) is 13.5 Å². The van der Waals surface area contributed by atoms with Crippen LogP contribution in [-0.2, 0) is 9.84 Å². The van der Waals surface area contributed by atoms with Gasteiger partial charge < -0.3 is 5.11 Å². The van der Waals surface area contributed by atoms with Gasteiger partial charge in [-0.2, -0.15) is 0 Å². The van der Waals surface area contributed by atoms with E-state index in [0.29, 0.717) is 6.42 Å². The summed E-state index contributed by atoms with van der Waals surface area (Å²) >= 11 is 0. The van der Waals surface area contributed by atoms with Crippen LogP contribution in [0.1, 0.15) is 46.0 Å². The molecule has 108 valence electrons. The van der Waals surface area contributed by atoms with Gasteiger partial charge in [0.25, 0.3) is 0 Å². The summed E-state index contributed by atoms with van der Waals surface area (Å²) in [6, 6.07) is 0. The van der Waals surface area contributed by atoms with Crippen LogP contribution in [0.4, 0.5) is 0 Å². The van der Waals surface area contributed by atoms with Crippen LogP contribution < -0.4 is 0 Å². The first kappa shape index (κ1) is 15.9. The van der Waals surface area contributed by atoms with Crippen LogP contribution in [0.15, 0.2) is 0 Å². The van der Waals surface area contributed by atoms with Gasteiger partial charge in [-0.1, -0.05) is 26.7 Å². The lowest BCUT2D eigenvalue weighted by molar-refractivity contribution is -0.0261. The Morgan fingerprint density at radius 2 is 1.72 bits per heavy atom. The topological polar surface area (TPSA) is 57.6 Å². The molecule has 1 fully saturated rings. The highest BCUT2D eigenvalue weighted by atomic mass is 32.2. The molecule has 0 aromatic rings. The number of hydrogen-bond acceptors (Lipinski definition) is 4. The molecule has 1 unspecified atom stereocenters. The number of aliphatic hydroxyl groups is 1. The Labute approximate surface area is 111 Å². The van der Waals surface area contributed by atoms with E-state index in [1.54, 1.807) is 0 Å². The zero-order valence-corrected chi connectivity index (χ0v) is 12.7. The number of aliphatic hydroxyl groups excluding tert-OH is 1. The highest BCUT2D eigenvalue weighted by molar-refractivity contribution is 7.90. The lowest BCUT2D eigenvalue weighted by Crippen LogP contribution is -2.55. The van der Waals surface area contributed by atoms with Crippen LogP contribution in [0.5, 0.6) is 0 Å². The van der Waals surface area contributed by atoms with Gasteiger partial charge in [-0.3, -0.25) is 4.90 Å². The van der Waals surface area contributed by atoms with Crippen molar-refractivity contribution in [1.29, 1.82) is 0 Å². The molecule has 4 nitrogen and oxygen atoms in total. The second-order valence-electron chi connectivity index (χ2n) is 5.42. The van der Waals surface area contributed by atoms with Crippen molar-refractivity contribution in [2.24, 2.45) is 0 Å². The van der Waals surface area contributed by atoms with Crippen LogP contribution in [0.25, 0.3) is 0 Å². The average Bonchev–Trinajstić information content (AvgIpc) is 2.77. The lowest BCUT2D eigenvalue weighted by atomic mass is 9.86. The predicted octanol–water partition coefficient (Wildman–Crippen LogP) is 1.44. The van der Waals surface area contributed by atoms with Gasteiger partial charge in [-0.15, -0.1) is 0 Å². The van der Waals surface area contributed by atoms with Crippen molar-refractivity contribution in [2.75, 3.05) is 25.1 Å². The standard InChI is InChI=1S/C13H27NO3S/c1-4-14(5-2)13(9-6-7-10-13)12(15)8-11-18(3,16)17/h12,15H,4-11H2,1-3H3. The number of hydrogen-bond donors (Lipinski definition) is 1. The molecule has 0 saturated heterocycles. The Bertz CT molecular complexity index is 343. The van der Waals surface area contributed by atoms with E-state index >= 15 is 0 Å². The van der Waals surface area contributed by atoms with Gasteiger partial charge in [-0.05, 0) is 32.4 Å². The third-order valence-electron chi connectivity index (χ3n) is 4.24. The molecule has 0 spiro atoms. The van der Waals surface area contributed by atoms with Crippen molar-refractivity contribution in [1.82, 2.24) is 4.90 Å². The fourth-order valence-corrected chi connectivity index (χ4v) is 3.95. The van der Waals surface area contributed by atoms with Gasteiger partial charge in [-0.25, -0.2) is 8.42 Å². The van der Waals surface area contributed by atoms with Crippen molar-refractivity contribution >= 4 is 9.84 Å². The molecule has 1 N–H and O–H groups in total. The molecule has 0 bridgehead atoms. The molecule has 1 atom stereocenters. The Hall–Kier alpha value is -0.130. The lowest BCUT2D eigenvalue weighted by Gasteiger charge is -2.44. The third-order valence-corrected chi connectivity index (χ3v) is 5.22. The maximum atomic E-state index is 11.2. The first-order valence-corrected chi connectivity index (χ1v) is 9.02. The SMILES string of the molecule is CCN(CC)C1(C(O)CCS(C)(=O)=O)CCCC1. The van der Waals surface area contributed by atoms with Gasteiger partial charge in [0.05, 0.1) is 11.9 Å². The van der Waals surface area contributed by atoms with Crippen molar-refractivity contribution in [3.8, 4) is 0 Å². The first-order valence-electron chi connectivity index (χ1n) is 6.96. The van der Waals surface area contributed by atoms with Gasteiger partial charge in [0.1, 0.15) is 9.84 Å². The van der Waals surface area contributed by atoms with Crippen LogP contribution in [0.2, 0.25) is 0 Å². The molecular weight excluding hydrogens is 250 g/mol. The maximum Gasteiger partial charge on any atom is 0.147 e. The summed E-state index contributed by atoms with van der Waals surface area (Å²) in [5.74, 6) is 0.0805. The van der Waals surface area contributed by atoms with Gasteiger partial charge in [0, 0.05) is 11.8 Å². The molecule has 1 rings (SSSR count). The molecule has 0 aliphatic heterocycles. The number of nitrogens with zero attached hydrogens (tertiary/aromatic N) is 1. The second-order valence-corrected chi connectivity index (χ2v) is 7.68. The highest BCUT2D eigenvalue weighted by Crippen LogP contribution is 2.39. The Morgan fingerprint density at radius 3 is 2.11 bits per heavy atom. The Morgan fingerprint density at radius 1 is 1.22 bits per heavy atom. The Kier molecular flexibility index (Phi) is 5.62. The number of likely N-dealkylation sites (N-methyl/N-ethyl adjacent to an activating group) is 1. The van der Waals surface area contributed by atoms with Crippen LogP contribution in [0, 0.1) is 0 Å². The van der Waals surface area contributed by atoms with Crippen LogP contribution in [0.3, 0.4) is 0 Å². The molecule has 0 aromatic heterocycles. The van der Waals surface area contributed by atoms with Crippen molar-refractivity contribution < 1.29 is 13.5 Å². The molecule has 5 heteroatoms. The number of sulfone groups is 1. The van der Waals surface area contributed by atoms with E-state index < -0.39 is 15.9 Å². The maximum absolute atomic E-state index is 11.2. The van der Waals surface area contributed by atoms with Crippen molar-refractivity contribution in [3.05, 3.63) is 0 Å². The average molecular weight is 277 g/mol. The Balaban J connectivity index is 2.77.